The highest BCUT2D eigenvalue weighted by Gasteiger charge is 2.45. The van der Waals surface area contributed by atoms with E-state index in [2.05, 4.69) is 4.98 Å². The van der Waals surface area contributed by atoms with Gasteiger partial charge in [-0.1, -0.05) is 0 Å². The van der Waals surface area contributed by atoms with Crippen LogP contribution in [0.3, 0.4) is 0 Å². The summed E-state index contributed by atoms with van der Waals surface area (Å²) in [6, 6.07) is 3.22. The van der Waals surface area contributed by atoms with Crippen molar-refractivity contribution in [2.75, 3.05) is 6.26 Å². The van der Waals surface area contributed by atoms with Crippen molar-refractivity contribution in [2.45, 2.75) is 44.2 Å². The van der Waals surface area contributed by atoms with E-state index in [9.17, 15) is 14.4 Å². The summed E-state index contributed by atoms with van der Waals surface area (Å²) >= 11 is 1.31. The summed E-state index contributed by atoms with van der Waals surface area (Å²) < 4.78 is 5.31. The molecule has 124 valence electrons. The maximum absolute atomic E-state index is 12.9. The Kier molecular flexibility index (Phi) is 5.24. The number of ether oxygens (including phenoxy) is 1. The third-order valence-electron chi connectivity index (χ3n) is 3.40. The Bertz CT molecular complexity index is 632. The molecule has 1 atom stereocenters. The van der Waals surface area contributed by atoms with E-state index < -0.39 is 23.3 Å². The van der Waals surface area contributed by atoms with Crippen molar-refractivity contribution in [3.8, 4) is 0 Å². The zero-order valence-corrected chi connectivity index (χ0v) is 14.6. The fraction of sp³-hybridized carbons (Fsp3) is 0.529. The maximum atomic E-state index is 12.9. The normalized spacial score (nSPS) is 15.8. The van der Waals surface area contributed by atoms with E-state index in [1.165, 1.54) is 11.8 Å². The van der Waals surface area contributed by atoms with Crippen LogP contribution in [0, 0.1) is 11.8 Å². The Hall–Kier alpha value is -1.69. The molecule has 0 saturated heterocycles. The molecule has 0 aliphatic heterocycles. The highest BCUT2D eigenvalue weighted by Crippen LogP contribution is 2.35. The van der Waals surface area contributed by atoms with Crippen LogP contribution < -0.4 is 0 Å². The fourth-order valence-electron chi connectivity index (χ4n) is 2.21. The SMILES string of the molecule is CSc1ncccc1C(=O)C(C(=O)OC(C)(C)C)C(=O)C1CC1. The van der Waals surface area contributed by atoms with E-state index in [4.69, 9.17) is 4.74 Å². The molecular formula is C17H21NO4S. The summed E-state index contributed by atoms with van der Waals surface area (Å²) in [5, 5.41) is 0.509. The smallest absolute Gasteiger partial charge is 0.325 e. The van der Waals surface area contributed by atoms with E-state index in [0.29, 0.717) is 10.6 Å². The first-order valence-electron chi connectivity index (χ1n) is 7.54. The molecule has 1 fully saturated rings. The van der Waals surface area contributed by atoms with Crippen molar-refractivity contribution < 1.29 is 19.1 Å². The lowest BCUT2D eigenvalue weighted by Crippen LogP contribution is -2.38. The molecule has 1 aromatic heterocycles. The Balaban J connectivity index is 2.34. The van der Waals surface area contributed by atoms with E-state index in [0.717, 1.165) is 12.8 Å². The number of ketones is 2. The van der Waals surface area contributed by atoms with Gasteiger partial charge in [0.2, 0.25) is 0 Å². The van der Waals surface area contributed by atoms with Crippen LogP contribution in [0.2, 0.25) is 0 Å². The van der Waals surface area contributed by atoms with Crippen LogP contribution in [0.1, 0.15) is 44.0 Å². The molecule has 1 aromatic rings. The summed E-state index contributed by atoms with van der Waals surface area (Å²) in [6.07, 6.45) is 4.83. The monoisotopic (exact) mass is 335 g/mol. The van der Waals surface area contributed by atoms with Crippen LogP contribution in [0.25, 0.3) is 0 Å². The summed E-state index contributed by atoms with van der Waals surface area (Å²) in [4.78, 5) is 41.9. The molecular weight excluding hydrogens is 314 g/mol. The molecule has 23 heavy (non-hydrogen) atoms. The van der Waals surface area contributed by atoms with Gasteiger partial charge in [-0.3, -0.25) is 14.4 Å². The number of carbonyl (C=O) groups excluding carboxylic acids is 3. The lowest BCUT2D eigenvalue weighted by Gasteiger charge is -2.23. The molecule has 1 aliphatic carbocycles. The fourth-order valence-corrected chi connectivity index (χ4v) is 2.77. The van der Waals surface area contributed by atoms with E-state index >= 15 is 0 Å². The summed E-state index contributed by atoms with van der Waals surface area (Å²) in [6.45, 7) is 5.14. The zero-order chi connectivity index (χ0) is 17.2. The predicted molar refractivity (Wildman–Crippen MR) is 87.4 cm³/mol. The first kappa shape index (κ1) is 17.7. The average Bonchev–Trinajstić information content (AvgIpc) is 3.29. The number of carbonyl (C=O) groups is 3. The van der Waals surface area contributed by atoms with Crippen LogP contribution in [-0.2, 0) is 14.3 Å². The molecule has 1 saturated carbocycles. The second-order valence-corrected chi connectivity index (χ2v) is 7.36. The second kappa shape index (κ2) is 6.83. The number of thioether (sulfide) groups is 1. The van der Waals surface area contributed by atoms with Gasteiger partial charge in [0.15, 0.2) is 17.5 Å². The first-order valence-corrected chi connectivity index (χ1v) is 8.77. The molecule has 2 rings (SSSR count). The van der Waals surface area contributed by atoms with Gasteiger partial charge in [0.25, 0.3) is 0 Å². The second-order valence-electron chi connectivity index (χ2n) is 6.57. The van der Waals surface area contributed by atoms with Crippen molar-refractivity contribution in [3.63, 3.8) is 0 Å². The number of Topliss-reactive ketones (excluding diaryl/α,β-unsaturated/α-hetero) is 2. The number of rotatable bonds is 6. The van der Waals surface area contributed by atoms with E-state index in [1.54, 1.807) is 45.4 Å². The molecule has 1 unspecified atom stereocenters. The zero-order valence-electron chi connectivity index (χ0n) is 13.8. The van der Waals surface area contributed by atoms with Crippen LogP contribution >= 0.6 is 11.8 Å². The third kappa shape index (κ3) is 4.41. The van der Waals surface area contributed by atoms with Crippen molar-refractivity contribution in [3.05, 3.63) is 23.9 Å². The van der Waals surface area contributed by atoms with Gasteiger partial charge in [-0.2, -0.15) is 0 Å². The van der Waals surface area contributed by atoms with Crippen molar-refractivity contribution >= 4 is 29.3 Å². The minimum atomic E-state index is -1.39. The van der Waals surface area contributed by atoms with Gasteiger partial charge in [-0.25, -0.2) is 4.98 Å². The molecule has 1 aliphatic rings. The number of hydrogen-bond donors (Lipinski definition) is 0. The molecule has 0 bridgehead atoms. The molecule has 0 spiro atoms. The minimum absolute atomic E-state index is 0.203. The average molecular weight is 335 g/mol. The predicted octanol–water partition coefficient (Wildman–Crippen LogP) is 2.92. The van der Waals surface area contributed by atoms with Crippen LogP contribution in [0.5, 0.6) is 0 Å². The molecule has 0 aromatic carbocycles. The Morgan fingerprint density at radius 3 is 2.48 bits per heavy atom. The van der Waals surface area contributed by atoms with Gasteiger partial charge >= 0.3 is 5.97 Å². The molecule has 5 nitrogen and oxygen atoms in total. The van der Waals surface area contributed by atoms with Gasteiger partial charge in [0.05, 0.1) is 5.56 Å². The van der Waals surface area contributed by atoms with Gasteiger partial charge < -0.3 is 4.74 Å². The summed E-state index contributed by atoms with van der Waals surface area (Å²) in [7, 11) is 0. The number of pyridine rings is 1. The number of aromatic nitrogens is 1. The quantitative estimate of drug-likeness (QED) is 0.344. The van der Waals surface area contributed by atoms with Crippen LogP contribution in [0.4, 0.5) is 0 Å². The summed E-state index contributed by atoms with van der Waals surface area (Å²) in [5.74, 6) is -3.22. The topological polar surface area (TPSA) is 73.3 Å². The third-order valence-corrected chi connectivity index (χ3v) is 4.11. The Labute approximate surface area is 140 Å². The van der Waals surface area contributed by atoms with Crippen LogP contribution in [-0.4, -0.2) is 34.4 Å². The van der Waals surface area contributed by atoms with Gasteiger partial charge in [0, 0.05) is 12.1 Å². The number of esters is 1. The Morgan fingerprint density at radius 2 is 1.96 bits per heavy atom. The number of nitrogens with zero attached hydrogens (tertiary/aromatic N) is 1. The van der Waals surface area contributed by atoms with Crippen molar-refractivity contribution in [1.29, 1.82) is 0 Å². The molecule has 0 amide bonds. The van der Waals surface area contributed by atoms with Crippen LogP contribution in [0.15, 0.2) is 23.4 Å². The molecule has 6 heteroatoms. The van der Waals surface area contributed by atoms with Gasteiger partial charge in [-0.05, 0) is 52.0 Å². The largest absolute Gasteiger partial charge is 0.459 e. The highest BCUT2D eigenvalue weighted by molar-refractivity contribution is 7.98. The summed E-state index contributed by atoms with van der Waals surface area (Å²) in [5.41, 5.74) is -0.457. The highest BCUT2D eigenvalue weighted by atomic mass is 32.2. The van der Waals surface area contributed by atoms with Crippen molar-refractivity contribution in [1.82, 2.24) is 4.98 Å². The molecule has 1 heterocycles. The standard InChI is InChI=1S/C17H21NO4S/c1-17(2,3)22-16(21)12(13(19)10-7-8-10)14(20)11-6-5-9-18-15(11)23-4/h5-6,9-10,12H,7-8H2,1-4H3. The molecule has 0 N–H and O–H groups in total. The van der Waals surface area contributed by atoms with Gasteiger partial charge in [-0.15, -0.1) is 11.8 Å². The van der Waals surface area contributed by atoms with E-state index in [-0.39, 0.29) is 11.7 Å². The minimum Gasteiger partial charge on any atom is -0.459 e. The Morgan fingerprint density at radius 1 is 1.30 bits per heavy atom. The van der Waals surface area contributed by atoms with Gasteiger partial charge in [0.1, 0.15) is 10.6 Å². The van der Waals surface area contributed by atoms with Crippen molar-refractivity contribution in [2.24, 2.45) is 11.8 Å². The number of hydrogen-bond acceptors (Lipinski definition) is 6. The van der Waals surface area contributed by atoms with E-state index in [1.807, 2.05) is 0 Å². The first-order chi connectivity index (χ1) is 10.7. The molecule has 0 radical (unpaired) electrons. The maximum Gasteiger partial charge on any atom is 0.325 e. The lowest BCUT2D eigenvalue weighted by atomic mass is 9.91. The lowest BCUT2D eigenvalue weighted by molar-refractivity contribution is -0.160.